The Morgan fingerprint density at radius 3 is 1.07 bits per heavy atom. The van der Waals surface area contributed by atoms with Crippen molar-refractivity contribution < 1.29 is 38.1 Å². The van der Waals surface area contributed by atoms with Gasteiger partial charge in [0, 0.05) is 0 Å². The summed E-state index contributed by atoms with van der Waals surface area (Å²) in [7, 11) is 0. The smallest absolute Gasteiger partial charge is 0.339 e. The molecular weight excluding hydrogens is 753 g/mol. The Morgan fingerprint density at radius 2 is 0.733 bits per heavy atom. The van der Waals surface area contributed by atoms with Crippen molar-refractivity contribution in [3.63, 3.8) is 0 Å². The van der Waals surface area contributed by atoms with Crippen molar-refractivity contribution in [3.05, 3.63) is 58.7 Å². The Bertz CT molecular complexity index is 1680. The molecule has 0 saturated carbocycles. The van der Waals surface area contributed by atoms with Gasteiger partial charge in [-0.15, -0.1) is 0 Å². The fourth-order valence-corrected chi connectivity index (χ4v) is 8.61. The van der Waals surface area contributed by atoms with Gasteiger partial charge >= 0.3 is 23.9 Å². The lowest BCUT2D eigenvalue weighted by Crippen LogP contribution is -2.26. The van der Waals surface area contributed by atoms with Crippen molar-refractivity contribution in [3.8, 4) is 11.1 Å². The molecule has 4 unspecified atom stereocenters. The number of carbonyl (C=O) groups excluding carboxylic acids is 4. The van der Waals surface area contributed by atoms with Crippen LogP contribution in [0, 0.1) is 45.3 Å². The SMILES string of the molecule is CC(CCOC(=O)c1cc(-c2ccccc2)c(C(=O)OCCC(C)CC(C)(C)C)c(C(=O)OCCC(C)CC(C)(C)C)c1C(=O)OCCC(C)CC(C)(C)C)CC(C)(C)C. The Labute approximate surface area is 364 Å². The van der Waals surface area contributed by atoms with Crippen LogP contribution in [-0.2, 0) is 18.9 Å². The summed E-state index contributed by atoms with van der Waals surface area (Å²) in [6.07, 6.45) is 6.05. The van der Waals surface area contributed by atoms with E-state index < -0.39 is 23.9 Å². The van der Waals surface area contributed by atoms with Crippen molar-refractivity contribution in [2.75, 3.05) is 26.4 Å². The number of benzene rings is 2. The largest absolute Gasteiger partial charge is 0.462 e. The second kappa shape index (κ2) is 23.0. The van der Waals surface area contributed by atoms with E-state index in [2.05, 4.69) is 111 Å². The van der Waals surface area contributed by atoms with Crippen LogP contribution in [0.4, 0.5) is 0 Å². The summed E-state index contributed by atoms with van der Waals surface area (Å²) in [6.45, 7) is 34.8. The third-order valence-corrected chi connectivity index (χ3v) is 10.5. The number of carbonyl (C=O) groups is 4. The minimum absolute atomic E-state index is 0.0503. The van der Waals surface area contributed by atoms with E-state index in [9.17, 15) is 19.2 Å². The van der Waals surface area contributed by atoms with E-state index in [1.165, 1.54) is 6.07 Å². The molecule has 0 fully saturated rings. The molecule has 0 amide bonds. The van der Waals surface area contributed by atoms with Crippen LogP contribution in [-0.4, -0.2) is 50.3 Å². The highest BCUT2D eigenvalue weighted by Crippen LogP contribution is 2.36. The van der Waals surface area contributed by atoms with Gasteiger partial charge < -0.3 is 18.9 Å². The lowest BCUT2D eigenvalue weighted by Gasteiger charge is -2.24. The lowest BCUT2D eigenvalue weighted by molar-refractivity contribution is 0.0396. The predicted octanol–water partition coefficient (Wildman–Crippen LogP) is 13.8. The number of ether oxygens (including phenoxy) is 4. The first-order chi connectivity index (χ1) is 27.6. The summed E-state index contributed by atoms with van der Waals surface area (Å²) in [5.74, 6) is -2.36. The first-order valence-electron chi connectivity index (χ1n) is 22.5. The van der Waals surface area contributed by atoms with Crippen molar-refractivity contribution in [2.24, 2.45) is 45.3 Å². The van der Waals surface area contributed by atoms with Crippen LogP contribution >= 0.6 is 0 Å². The van der Waals surface area contributed by atoms with Gasteiger partial charge in [-0.2, -0.15) is 0 Å². The van der Waals surface area contributed by atoms with Crippen LogP contribution in [0.15, 0.2) is 36.4 Å². The van der Waals surface area contributed by atoms with Crippen molar-refractivity contribution in [2.45, 2.75) is 162 Å². The molecule has 8 nitrogen and oxygen atoms in total. The van der Waals surface area contributed by atoms with E-state index >= 15 is 0 Å². The molecular formula is C52H82O8. The molecule has 2 rings (SSSR count). The first kappa shape index (κ1) is 52.5. The fourth-order valence-electron chi connectivity index (χ4n) is 8.61. The molecule has 0 bridgehead atoms. The van der Waals surface area contributed by atoms with E-state index in [0.717, 1.165) is 25.7 Å². The molecule has 0 N–H and O–H groups in total. The summed E-state index contributed by atoms with van der Waals surface area (Å²) in [5, 5.41) is 0. The molecule has 338 valence electrons. The quantitative estimate of drug-likeness (QED) is 0.0904. The molecule has 2 aromatic rings. The maximum absolute atomic E-state index is 14.6. The summed E-state index contributed by atoms with van der Waals surface area (Å²) in [6, 6.07) is 10.5. The third kappa shape index (κ3) is 19.8. The fraction of sp³-hybridized carbons (Fsp3) is 0.692. The Kier molecular flexibility index (Phi) is 20.1. The molecule has 0 saturated heterocycles. The monoisotopic (exact) mass is 835 g/mol. The zero-order chi connectivity index (χ0) is 45.6. The van der Waals surface area contributed by atoms with E-state index in [0.29, 0.717) is 31.2 Å². The van der Waals surface area contributed by atoms with Gasteiger partial charge in [0.1, 0.15) is 0 Å². The van der Waals surface area contributed by atoms with Crippen molar-refractivity contribution in [1.29, 1.82) is 0 Å². The second-order valence-corrected chi connectivity index (χ2v) is 22.6. The predicted molar refractivity (Wildman–Crippen MR) is 244 cm³/mol. The maximum Gasteiger partial charge on any atom is 0.339 e. The summed E-state index contributed by atoms with van der Waals surface area (Å²) < 4.78 is 23.8. The zero-order valence-corrected chi connectivity index (χ0v) is 40.5. The molecule has 4 atom stereocenters. The van der Waals surface area contributed by atoms with E-state index in [1.807, 2.05) is 18.2 Å². The molecule has 8 heteroatoms. The number of hydrogen-bond donors (Lipinski definition) is 0. The molecule has 0 aliphatic rings. The normalized spacial score (nSPS) is 14.5. The zero-order valence-electron chi connectivity index (χ0n) is 40.5. The molecule has 0 aromatic heterocycles. The Hall–Kier alpha value is -3.68. The molecule has 0 heterocycles. The number of esters is 4. The van der Waals surface area contributed by atoms with Gasteiger partial charge in [0.05, 0.1) is 48.7 Å². The second-order valence-electron chi connectivity index (χ2n) is 22.6. The molecule has 2 aromatic carbocycles. The van der Waals surface area contributed by atoms with Crippen LogP contribution in [0.1, 0.15) is 204 Å². The average Bonchev–Trinajstić information content (AvgIpc) is 3.07. The number of rotatable bonds is 21. The Balaban J connectivity index is 2.83. The molecule has 0 aliphatic carbocycles. The highest BCUT2D eigenvalue weighted by atomic mass is 16.5. The van der Waals surface area contributed by atoms with E-state index in [4.69, 9.17) is 18.9 Å². The van der Waals surface area contributed by atoms with Crippen LogP contribution in [0.25, 0.3) is 11.1 Å². The topological polar surface area (TPSA) is 105 Å². The first-order valence-corrected chi connectivity index (χ1v) is 22.5. The van der Waals surface area contributed by atoms with Crippen LogP contribution < -0.4 is 0 Å². The average molecular weight is 835 g/mol. The third-order valence-electron chi connectivity index (χ3n) is 10.5. The summed E-state index contributed by atoms with van der Waals surface area (Å²) in [5.41, 5.74) is 0.204. The molecule has 0 aliphatic heterocycles. The molecule has 60 heavy (non-hydrogen) atoms. The highest BCUT2D eigenvalue weighted by Gasteiger charge is 2.36. The summed E-state index contributed by atoms with van der Waals surface area (Å²) in [4.78, 5) is 58.0. The van der Waals surface area contributed by atoms with Gasteiger partial charge in [0.25, 0.3) is 0 Å². The van der Waals surface area contributed by atoms with Gasteiger partial charge in [0.15, 0.2) is 0 Å². The molecule has 0 radical (unpaired) electrons. The van der Waals surface area contributed by atoms with Gasteiger partial charge in [-0.1, -0.05) is 141 Å². The van der Waals surface area contributed by atoms with Gasteiger partial charge in [-0.05, 0) is 114 Å². The summed E-state index contributed by atoms with van der Waals surface area (Å²) >= 11 is 0. The van der Waals surface area contributed by atoms with Crippen molar-refractivity contribution >= 4 is 23.9 Å². The maximum atomic E-state index is 14.6. The minimum Gasteiger partial charge on any atom is -0.462 e. The van der Waals surface area contributed by atoms with Crippen LogP contribution in [0.5, 0.6) is 0 Å². The van der Waals surface area contributed by atoms with E-state index in [1.54, 1.807) is 12.1 Å². The standard InChI is InChI=1S/C52H82O8/c1-35(31-49(5,6)7)22-26-57-45(53)41-30-40(39-20-18-17-19-21-39)42(46(54)58-27-23-36(2)32-50(8,9)10)44(48(56)60-29-25-38(4)34-52(14,15)16)43(41)47(55)59-28-24-37(3)33-51(11,12)13/h17-21,30,35-38H,22-29,31-34H2,1-16H3. The van der Waals surface area contributed by atoms with Gasteiger partial charge in [0.2, 0.25) is 0 Å². The van der Waals surface area contributed by atoms with E-state index in [-0.39, 0.29) is 99.6 Å². The van der Waals surface area contributed by atoms with Crippen molar-refractivity contribution in [1.82, 2.24) is 0 Å². The lowest BCUT2D eigenvalue weighted by atomic mass is 9.84. The highest BCUT2D eigenvalue weighted by molar-refractivity contribution is 6.18. The van der Waals surface area contributed by atoms with Crippen LogP contribution in [0.3, 0.4) is 0 Å². The number of hydrogen-bond acceptors (Lipinski definition) is 8. The van der Waals surface area contributed by atoms with Gasteiger partial charge in [-0.3, -0.25) is 0 Å². The van der Waals surface area contributed by atoms with Crippen LogP contribution in [0.2, 0.25) is 0 Å². The molecule has 0 spiro atoms. The van der Waals surface area contributed by atoms with Gasteiger partial charge in [-0.25, -0.2) is 19.2 Å². The Morgan fingerprint density at radius 1 is 0.433 bits per heavy atom. The minimum atomic E-state index is -0.898.